The van der Waals surface area contributed by atoms with Crippen LogP contribution >= 0.6 is 0 Å². The highest BCUT2D eigenvalue weighted by molar-refractivity contribution is 5.36. The van der Waals surface area contributed by atoms with Crippen molar-refractivity contribution in [1.29, 1.82) is 0 Å². The van der Waals surface area contributed by atoms with Crippen LogP contribution in [0.4, 0.5) is 0 Å². The summed E-state index contributed by atoms with van der Waals surface area (Å²) in [5.41, 5.74) is 7.52. The van der Waals surface area contributed by atoms with Crippen LogP contribution in [0, 0.1) is 11.8 Å². The molecule has 0 aliphatic rings. The van der Waals surface area contributed by atoms with Gasteiger partial charge in [-0.05, 0) is 24.1 Å². The van der Waals surface area contributed by atoms with E-state index in [1.54, 1.807) is 0 Å². The summed E-state index contributed by atoms with van der Waals surface area (Å²) in [6.45, 7) is 4.14. The van der Waals surface area contributed by atoms with Gasteiger partial charge in [-0.1, -0.05) is 43.7 Å². The molecule has 17 heavy (non-hydrogen) atoms. The summed E-state index contributed by atoms with van der Waals surface area (Å²) >= 11 is 0. The van der Waals surface area contributed by atoms with Gasteiger partial charge in [0.05, 0.1) is 13.2 Å². The van der Waals surface area contributed by atoms with Gasteiger partial charge in [-0.3, -0.25) is 0 Å². The second-order valence-electron chi connectivity index (χ2n) is 3.96. The maximum atomic E-state index is 5.59. The van der Waals surface area contributed by atoms with Gasteiger partial charge in [-0.2, -0.15) is 0 Å². The number of benzene rings is 1. The molecule has 0 fully saturated rings. The molecule has 2 nitrogen and oxygen atoms in total. The molecule has 0 aliphatic heterocycles. The van der Waals surface area contributed by atoms with E-state index in [1.165, 1.54) is 18.4 Å². The van der Waals surface area contributed by atoms with Crippen molar-refractivity contribution in [2.75, 3.05) is 13.2 Å². The third kappa shape index (κ3) is 6.11. The molecule has 92 valence electrons. The minimum atomic E-state index is 0.405. The van der Waals surface area contributed by atoms with E-state index in [0.717, 1.165) is 18.6 Å². The third-order valence-corrected chi connectivity index (χ3v) is 2.45. The molecule has 0 saturated heterocycles. The Morgan fingerprint density at radius 2 is 1.94 bits per heavy atom. The summed E-state index contributed by atoms with van der Waals surface area (Å²) in [6, 6.07) is 8.13. The summed E-state index contributed by atoms with van der Waals surface area (Å²) in [5.74, 6) is 5.84. The highest BCUT2D eigenvalue weighted by Crippen LogP contribution is 2.05. The fourth-order valence-electron chi connectivity index (χ4n) is 1.48. The monoisotopic (exact) mass is 231 g/mol. The van der Waals surface area contributed by atoms with E-state index in [2.05, 4.69) is 30.9 Å². The molecule has 0 saturated carbocycles. The van der Waals surface area contributed by atoms with E-state index in [9.17, 15) is 0 Å². The van der Waals surface area contributed by atoms with Gasteiger partial charge >= 0.3 is 0 Å². The summed E-state index contributed by atoms with van der Waals surface area (Å²) in [5, 5.41) is 0. The van der Waals surface area contributed by atoms with Crippen LogP contribution in [0.3, 0.4) is 0 Å². The minimum absolute atomic E-state index is 0.405. The summed E-state index contributed by atoms with van der Waals surface area (Å²) in [4.78, 5) is 0. The average molecular weight is 231 g/mol. The highest BCUT2D eigenvalue weighted by Gasteiger charge is 1.93. The van der Waals surface area contributed by atoms with Gasteiger partial charge in [0, 0.05) is 12.2 Å². The summed E-state index contributed by atoms with van der Waals surface area (Å²) < 4.78 is 5.59. The molecule has 0 aromatic heterocycles. The normalized spacial score (nSPS) is 9.76. The zero-order chi connectivity index (χ0) is 12.3. The molecule has 2 heteroatoms. The van der Waals surface area contributed by atoms with Gasteiger partial charge in [-0.15, -0.1) is 0 Å². The molecular formula is C15H21NO. The zero-order valence-electron chi connectivity index (χ0n) is 10.5. The molecule has 0 aliphatic carbocycles. The van der Waals surface area contributed by atoms with Crippen LogP contribution in [0.15, 0.2) is 24.3 Å². The van der Waals surface area contributed by atoms with Crippen LogP contribution < -0.4 is 5.73 Å². The number of hydrogen-bond acceptors (Lipinski definition) is 2. The van der Waals surface area contributed by atoms with Gasteiger partial charge in [0.1, 0.15) is 0 Å². The van der Waals surface area contributed by atoms with Crippen molar-refractivity contribution in [3.8, 4) is 11.8 Å². The van der Waals surface area contributed by atoms with E-state index in [1.807, 2.05) is 12.1 Å². The van der Waals surface area contributed by atoms with E-state index in [4.69, 9.17) is 10.5 Å². The number of nitrogens with two attached hydrogens (primary N) is 1. The van der Waals surface area contributed by atoms with Crippen molar-refractivity contribution in [1.82, 2.24) is 0 Å². The second-order valence-corrected chi connectivity index (χ2v) is 3.96. The van der Waals surface area contributed by atoms with Gasteiger partial charge in [0.25, 0.3) is 0 Å². The molecule has 0 heterocycles. The van der Waals surface area contributed by atoms with Crippen molar-refractivity contribution < 1.29 is 4.74 Å². The predicted octanol–water partition coefficient (Wildman–Crippen LogP) is 2.70. The molecule has 1 aromatic rings. The molecule has 0 spiro atoms. The number of unbranched alkanes of at least 4 members (excludes halogenated alkanes) is 2. The molecule has 0 atom stereocenters. The molecular weight excluding hydrogens is 210 g/mol. The van der Waals surface area contributed by atoms with Crippen molar-refractivity contribution in [3.63, 3.8) is 0 Å². The fourth-order valence-corrected chi connectivity index (χ4v) is 1.48. The molecule has 0 unspecified atom stereocenters. The van der Waals surface area contributed by atoms with Crippen molar-refractivity contribution in [3.05, 3.63) is 35.4 Å². The molecule has 0 amide bonds. The Labute approximate surface area is 104 Å². The molecule has 1 rings (SSSR count). The SMILES string of the molecule is CCCCCOCc1ccc(C#CCN)cc1. The first-order chi connectivity index (χ1) is 8.36. The topological polar surface area (TPSA) is 35.2 Å². The van der Waals surface area contributed by atoms with E-state index in [-0.39, 0.29) is 0 Å². The Morgan fingerprint density at radius 1 is 1.18 bits per heavy atom. The van der Waals surface area contributed by atoms with Gasteiger partial charge in [0.15, 0.2) is 0 Å². The fraction of sp³-hybridized carbons (Fsp3) is 0.467. The Morgan fingerprint density at radius 3 is 2.59 bits per heavy atom. The van der Waals surface area contributed by atoms with Gasteiger partial charge < -0.3 is 10.5 Å². The lowest BCUT2D eigenvalue weighted by Crippen LogP contribution is -1.95. The van der Waals surface area contributed by atoms with Crippen LogP contribution in [0.25, 0.3) is 0 Å². The van der Waals surface area contributed by atoms with Crippen molar-refractivity contribution in [2.45, 2.75) is 32.8 Å². The average Bonchev–Trinajstić information content (AvgIpc) is 2.37. The standard InChI is InChI=1S/C15H21NO/c1-2-3-4-12-17-13-15-9-7-14(8-10-15)6-5-11-16/h7-10H,2-4,11-13,16H2,1H3. The number of hydrogen-bond donors (Lipinski definition) is 1. The highest BCUT2D eigenvalue weighted by atomic mass is 16.5. The smallest absolute Gasteiger partial charge is 0.0716 e. The largest absolute Gasteiger partial charge is 0.377 e. The first-order valence-electron chi connectivity index (χ1n) is 6.22. The maximum Gasteiger partial charge on any atom is 0.0716 e. The first-order valence-corrected chi connectivity index (χ1v) is 6.22. The van der Waals surface area contributed by atoms with Crippen LogP contribution in [0.5, 0.6) is 0 Å². The summed E-state index contributed by atoms with van der Waals surface area (Å²) in [6.07, 6.45) is 3.63. The quantitative estimate of drug-likeness (QED) is 0.603. The molecule has 0 radical (unpaired) electrons. The molecule has 0 bridgehead atoms. The van der Waals surface area contributed by atoms with E-state index < -0.39 is 0 Å². The van der Waals surface area contributed by atoms with Crippen molar-refractivity contribution >= 4 is 0 Å². The molecule has 1 aromatic carbocycles. The van der Waals surface area contributed by atoms with Gasteiger partial charge in [-0.25, -0.2) is 0 Å². The Balaban J connectivity index is 2.30. The van der Waals surface area contributed by atoms with Crippen LogP contribution in [-0.2, 0) is 11.3 Å². The Kier molecular flexibility index (Phi) is 7.13. The second kappa shape index (κ2) is 8.81. The maximum absolute atomic E-state index is 5.59. The minimum Gasteiger partial charge on any atom is -0.377 e. The number of rotatable bonds is 6. The van der Waals surface area contributed by atoms with Crippen LogP contribution in [-0.4, -0.2) is 13.2 Å². The van der Waals surface area contributed by atoms with Gasteiger partial charge in [0.2, 0.25) is 0 Å². The predicted molar refractivity (Wildman–Crippen MR) is 71.6 cm³/mol. The van der Waals surface area contributed by atoms with Crippen LogP contribution in [0.2, 0.25) is 0 Å². The lowest BCUT2D eigenvalue weighted by molar-refractivity contribution is 0.117. The number of ether oxygens (including phenoxy) is 1. The first kappa shape index (κ1) is 13.8. The lowest BCUT2D eigenvalue weighted by Gasteiger charge is -2.03. The van der Waals surface area contributed by atoms with E-state index in [0.29, 0.717) is 13.2 Å². The Bertz CT molecular complexity index is 359. The summed E-state index contributed by atoms with van der Waals surface area (Å²) in [7, 11) is 0. The third-order valence-electron chi connectivity index (χ3n) is 2.45. The molecule has 2 N–H and O–H groups in total. The lowest BCUT2D eigenvalue weighted by atomic mass is 10.1. The zero-order valence-corrected chi connectivity index (χ0v) is 10.5. The Hall–Kier alpha value is -1.30. The van der Waals surface area contributed by atoms with Crippen molar-refractivity contribution in [2.24, 2.45) is 5.73 Å². The van der Waals surface area contributed by atoms with Crippen LogP contribution in [0.1, 0.15) is 37.3 Å². The van der Waals surface area contributed by atoms with E-state index >= 15 is 0 Å².